The molecule has 21 heavy (non-hydrogen) atoms. The van der Waals surface area contributed by atoms with Gasteiger partial charge in [0.1, 0.15) is 0 Å². The molecule has 1 N–H and O–H groups in total. The lowest BCUT2D eigenvalue weighted by molar-refractivity contribution is 0.293. The highest BCUT2D eigenvalue weighted by Crippen LogP contribution is 2.42. The Balaban J connectivity index is 1.80. The third-order valence-electron chi connectivity index (χ3n) is 4.58. The molecule has 1 aliphatic heterocycles. The van der Waals surface area contributed by atoms with Gasteiger partial charge in [-0.25, -0.2) is 0 Å². The summed E-state index contributed by atoms with van der Waals surface area (Å²) in [5.74, 6) is 3.65. The van der Waals surface area contributed by atoms with E-state index in [0.29, 0.717) is 4.75 Å². The average molecular weight is 330 g/mol. The van der Waals surface area contributed by atoms with Gasteiger partial charge in [0.2, 0.25) is 0 Å². The van der Waals surface area contributed by atoms with E-state index in [4.69, 9.17) is 0 Å². The van der Waals surface area contributed by atoms with E-state index in [1.165, 1.54) is 63.0 Å². The van der Waals surface area contributed by atoms with Crippen molar-refractivity contribution >= 4 is 29.5 Å². The lowest BCUT2D eigenvalue weighted by atomic mass is 9.87. The Bertz CT molecular complexity index is 322. The number of aliphatic imine (C=N–C) groups is 1. The minimum absolute atomic E-state index is 0.521. The molecule has 1 aliphatic carbocycles. The Kier molecular flexibility index (Phi) is 7.58. The molecule has 5 heteroatoms. The van der Waals surface area contributed by atoms with Gasteiger partial charge in [0.05, 0.1) is 0 Å². The van der Waals surface area contributed by atoms with Crippen molar-refractivity contribution in [1.82, 2.24) is 10.2 Å². The zero-order valence-electron chi connectivity index (χ0n) is 13.7. The van der Waals surface area contributed by atoms with Gasteiger partial charge in [-0.15, -0.1) is 0 Å². The molecule has 2 fully saturated rings. The first-order chi connectivity index (χ1) is 10.3. The highest BCUT2D eigenvalue weighted by atomic mass is 32.2. The van der Waals surface area contributed by atoms with Gasteiger partial charge < -0.3 is 10.2 Å². The Hall–Kier alpha value is -0.0300. The second-order valence-corrected chi connectivity index (χ2v) is 8.74. The molecule has 3 nitrogen and oxygen atoms in total. The minimum atomic E-state index is 0.521. The van der Waals surface area contributed by atoms with E-state index in [1.807, 2.05) is 18.8 Å². The fraction of sp³-hybridized carbons (Fsp3) is 0.938. The van der Waals surface area contributed by atoms with Gasteiger partial charge in [-0.3, -0.25) is 4.99 Å². The average Bonchev–Trinajstić information content (AvgIpc) is 2.52. The van der Waals surface area contributed by atoms with Crippen LogP contribution < -0.4 is 5.32 Å². The van der Waals surface area contributed by atoms with Crippen molar-refractivity contribution in [2.75, 3.05) is 44.4 Å². The van der Waals surface area contributed by atoms with Crippen LogP contribution in [-0.4, -0.2) is 60.0 Å². The fourth-order valence-electron chi connectivity index (χ4n) is 3.43. The molecule has 2 rings (SSSR count). The summed E-state index contributed by atoms with van der Waals surface area (Å²) in [5, 5.41) is 3.58. The SMILES string of the molecule is CN=C(NCCCCSC)N1CCSC2(CCCCC2)C1. The summed E-state index contributed by atoms with van der Waals surface area (Å²) >= 11 is 4.16. The maximum atomic E-state index is 4.52. The predicted molar refractivity (Wildman–Crippen MR) is 98.8 cm³/mol. The summed E-state index contributed by atoms with van der Waals surface area (Å²) in [6, 6.07) is 0. The summed E-state index contributed by atoms with van der Waals surface area (Å²) in [5.41, 5.74) is 0. The largest absolute Gasteiger partial charge is 0.356 e. The van der Waals surface area contributed by atoms with Gasteiger partial charge in [0, 0.05) is 37.2 Å². The van der Waals surface area contributed by atoms with E-state index in [9.17, 15) is 0 Å². The van der Waals surface area contributed by atoms with Crippen molar-refractivity contribution < 1.29 is 0 Å². The molecule has 122 valence electrons. The lowest BCUT2D eigenvalue weighted by Gasteiger charge is -2.45. The first-order valence-electron chi connectivity index (χ1n) is 8.38. The van der Waals surface area contributed by atoms with Crippen LogP contribution in [0.3, 0.4) is 0 Å². The summed E-state index contributed by atoms with van der Waals surface area (Å²) in [4.78, 5) is 7.03. The molecule has 0 unspecified atom stereocenters. The fourth-order valence-corrected chi connectivity index (χ4v) is 5.49. The van der Waals surface area contributed by atoms with E-state index in [0.717, 1.165) is 19.0 Å². The van der Waals surface area contributed by atoms with Gasteiger partial charge in [0.25, 0.3) is 0 Å². The number of guanidine groups is 1. The van der Waals surface area contributed by atoms with Crippen LogP contribution in [0.1, 0.15) is 44.9 Å². The van der Waals surface area contributed by atoms with Gasteiger partial charge in [-0.05, 0) is 37.7 Å². The van der Waals surface area contributed by atoms with Crippen molar-refractivity contribution in [3.05, 3.63) is 0 Å². The zero-order valence-corrected chi connectivity index (χ0v) is 15.3. The van der Waals surface area contributed by atoms with Gasteiger partial charge in [0.15, 0.2) is 5.96 Å². The summed E-state index contributed by atoms with van der Waals surface area (Å²) in [7, 11) is 1.93. The Morgan fingerprint density at radius 2 is 2.10 bits per heavy atom. The minimum Gasteiger partial charge on any atom is -0.356 e. The van der Waals surface area contributed by atoms with Crippen LogP contribution in [0.25, 0.3) is 0 Å². The molecule has 0 bridgehead atoms. The van der Waals surface area contributed by atoms with Crippen LogP contribution in [0, 0.1) is 0 Å². The zero-order chi connectivity index (χ0) is 15.0. The number of nitrogens with one attached hydrogen (secondary N) is 1. The number of unbranched alkanes of at least 4 members (excludes halogenated alkanes) is 1. The topological polar surface area (TPSA) is 27.6 Å². The third kappa shape index (κ3) is 5.27. The molecule has 0 aromatic heterocycles. The molecule has 1 heterocycles. The first kappa shape index (κ1) is 17.3. The van der Waals surface area contributed by atoms with Crippen molar-refractivity contribution in [1.29, 1.82) is 0 Å². The normalized spacial score (nSPS) is 22.6. The number of hydrogen-bond acceptors (Lipinski definition) is 3. The number of rotatable bonds is 5. The van der Waals surface area contributed by atoms with E-state index in [-0.39, 0.29) is 0 Å². The molecular formula is C16H31N3S2. The molecule has 1 spiro atoms. The second-order valence-electron chi connectivity index (χ2n) is 6.19. The van der Waals surface area contributed by atoms with Crippen LogP contribution in [0.15, 0.2) is 4.99 Å². The van der Waals surface area contributed by atoms with E-state index < -0.39 is 0 Å². The van der Waals surface area contributed by atoms with Gasteiger partial charge in [-0.2, -0.15) is 23.5 Å². The molecule has 1 saturated carbocycles. The maximum Gasteiger partial charge on any atom is 0.193 e. The van der Waals surface area contributed by atoms with Gasteiger partial charge in [-0.1, -0.05) is 19.3 Å². The molecule has 0 aromatic carbocycles. The molecule has 0 atom stereocenters. The molecule has 0 aromatic rings. The molecule has 2 aliphatic rings. The van der Waals surface area contributed by atoms with Crippen LogP contribution in [0.4, 0.5) is 0 Å². The number of hydrogen-bond donors (Lipinski definition) is 1. The lowest BCUT2D eigenvalue weighted by Crippen LogP contribution is -2.53. The first-order valence-corrected chi connectivity index (χ1v) is 10.8. The maximum absolute atomic E-state index is 4.52. The smallest absolute Gasteiger partial charge is 0.193 e. The van der Waals surface area contributed by atoms with Crippen molar-refractivity contribution in [2.24, 2.45) is 4.99 Å². The Labute approximate surface area is 139 Å². The monoisotopic (exact) mass is 329 g/mol. The molecule has 0 radical (unpaired) electrons. The second kappa shape index (κ2) is 9.19. The molecule has 0 amide bonds. The summed E-state index contributed by atoms with van der Waals surface area (Å²) < 4.78 is 0.521. The summed E-state index contributed by atoms with van der Waals surface area (Å²) in [6.45, 7) is 3.41. The quantitative estimate of drug-likeness (QED) is 0.475. The van der Waals surface area contributed by atoms with Crippen LogP contribution in [-0.2, 0) is 0 Å². The number of nitrogens with zero attached hydrogens (tertiary/aromatic N) is 2. The van der Waals surface area contributed by atoms with Crippen molar-refractivity contribution in [3.8, 4) is 0 Å². The highest BCUT2D eigenvalue weighted by molar-refractivity contribution is 8.00. The predicted octanol–water partition coefficient (Wildman–Crippen LogP) is 3.46. The van der Waals surface area contributed by atoms with Crippen molar-refractivity contribution in [3.63, 3.8) is 0 Å². The third-order valence-corrected chi connectivity index (χ3v) is 6.82. The highest BCUT2D eigenvalue weighted by Gasteiger charge is 2.38. The standard InChI is InChI=1S/C16H31N3S2/c1-17-15(18-10-6-7-12-20-2)19-11-13-21-16(14-19)8-4-3-5-9-16/h3-14H2,1-2H3,(H,17,18). The van der Waals surface area contributed by atoms with Crippen LogP contribution in [0.2, 0.25) is 0 Å². The Morgan fingerprint density at radius 3 is 2.81 bits per heavy atom. The molecule has 1 saturated heterocycles. The van der Waals surface area contributed by atoms with Crippen molar-refractivity contribution in [2.45, 2.75) is 49.7 Å². The molecular weight excluding hydrogens is 298 g/mol. The van der Waals surface area contributed by atoms with E-state index in [2.05, 4.69) is 33.2 Å². The Morgan fingerprint density at radius 1 is 1.29 bits per heavy atom. The van der Waals surface area contributed by atoms with E-state index in [1.54, 1.807) is 0 Å². The van der Waals surface area contributed by atoms with Crippen LogP contribution in [0.5, 0.6) is 0 Å². The summed E-state index contributed by atoms with van der Waals surface area (Å²) in [6.07, 6.45) is 11.8. The van der Waals surface area contributed by atoms with E-state index >= 15 is 0 Å². The number of thioether (sulfide) groups is 2. The van der Waals surface area contributed by atoms with Crippen LogP contribution >= 0.6 is 23.5 Å². The van der Waals surface area contributed by atoms with Gasteiger partial charge >= 0.3 is 0 Å².